The molecule has 0 radical (unpaired) electrons. The van der Waals surface area contributed by atoms with E-state index in [4.69, 9.17) is 5.11 Å². The lowest BCUT2D eigenvalue weighted by Gasteiger charge is -2.09. The summed E-state index contributed by atoms with van der Waals surface area (Å²) in [4.78, 5) is 0. The summed E-state index contributed by atoms with van der Waals surface area (Å²) in [6.07, 6.45) is 6.85. The highest BCUT2D eigenvalue weighted by molar-refractivity contribution is 5.74. The molecule has 1 heterocycles. The van der Waals surface area contributed by atoms with Crippen molar-refractivity contribution < 1.29 is 5.11 Å². The lowest BCUT2D eigenvalue weighted by atomic mass is 9.96. The van der Waals surface area contributed by atoms with Gasteiger partial charge in [0.25, 0.3) is 0 Å². The Hall–Kier alpha value is -2.83. The molecule has 3 aromatic rings. The third-order valence-electron chi connectivity index (χ3n) is 4.71. The summed E-state index contributed by atoms with van der Waals surface area (Å²) in [6.45, 7) is 3.89. The summed E-state index contributed by atoms with van der Waals surface area (Å²) in [5.74, 6) is 0.773. The second kappa shape index (κ2) is 10.5. The maximum atomic E-state index is 8.81. The van der Waals surface area contributed by atoms with Crippen molar-refractivity contribution in [3.63, 3.8) is 0 Å². The van der Waals surface area contributed by atoms with Gasteiger partial charge in [0.2, 0.25) is 0 Å². The highest BCUT2D eigenvalue weighted by atomic mass is 16.2. The van der Waals surface area contributed by atoms with Gasteiger partial charge in [-0.15, -0.1) is 5.10 Å². The average Bonchev–Trinajstić information content (AvgIpc) is 3.18. The molecular weight excluding hydrogens is 350 g/mol. The van der Waals surface area contributed by atoms with Crippen LogP contribution in [0.25, 0.3) is 23.4 Å². The predicted octanol–water partition coefficient (Wildman–Crippen LogP) is 3.53. The summed E-state index contributed by atoms with van der Waals surface area (Å²) in [5, 5.41) is 24.1. The van der Waals surface area contributed by atoms with Crippen molar-refractivity contribution in [3.05, 3.63) is 65.5 Å². The lowest BCUT2D eigenvalue weighted by Crippen LogP contribution is -2.17. The second-order valence-electron chi connectivity index (χ2n) is 6.70. The van der Waals surface area contributed by atoms with Gasteiger partial charge in [-0.2, -0.15) is 0 Å². The van der Waals surface area contributed by atoms with Crippen molar-refractivity contribution in [3.8, 4) is 11.1 Å². The van der Waals surface area contributed by atoms with Gasteiger partial charge in [-0.1, -0.05) is 48.5 Å². The van der Waals surface area contributed by atoms with Gasteiger partial charge in [-0.25, -0.2) is 4.68 Å². The first-order valence-electron chi connectivity index (χ1n) is 9.71. The smallest absolute Gasteiger partial charge is 0.169 e. The lowest BCUT2D eigenvalue weighted by molar-refractivity contribution is 0.283. The van der Waals surface area contributed by atoms with E-state index in [1.807, 2.05) is 18.3 Å². The quantitative estimate of drug-likeness (QED) is 0.529. The molecule has 2 aromatic carbocycles. The number of unbranched alkanes of at least 4 members (excludes halogenated alkanes) is 2. The molecule has 0 amide bonds. The molecular formula is C22H27N5O. The zero-order chi connectivity index (χ0) is 19.6. The third kappa shape index (κ3) is 5.34. The van der Waals surface area contributed by atoms with E-state index in [9.17, 15) is 0 Å². The van der Waals surface area contributed by atoms with Gasteiger partial charge >= 0.3 is 0 Å². The number of tetrazole rings is 1. The molecule has 0 aliphatic rings. The van der Waals surface area contributed by atoms with E-state index in [0.717, 1.165) is 37.2 Å². The molecule has 28 heavy (non-hydrogen) atoms. The van der Waals surface area contributed by atoms with Gasteiger partial charge in [-0.05, 0) is 71.5 Å². The number of hydrogen-bond donors (Lipinski definition) is 2. The van der Waals surface area contributed by atoms with E-state index >= 15 is 0 Å². The zero-order valence-corrected chi connectivity index (χ0v) is 16.3. The summed E-state index contributed by atoms with van der Waals surface area (Å²) < 4.78 is 1.70. The van der Waals surface area contributed by atoms with E-state index in [2.05, 4.69) is 70.2 Å². The highest BCUT2D eigenvalue weighted by Crippen LogP contribution is 2.26. The van der Waals surface area contributed by atoms with E-state index in [0.29, 0.717) is 6.54 Å². The number of aliphatic hydroxyl groups excluding tert-OH is 1. The number of hydrogen-bond acceptors (Lipinski definition) is 5. The molecule has 3 rings (SSSR count). The third-order valence-corrected chi connectivity index (χ3v) is 4.71. The van der Waals surface area contributed by atoms with Crippen LogP contribution in [0.1, 0.15) is 36.2 Å². The minimum Gasteiger partial charge on any atom is -0.396 e. The maximum Gasteiger partial charge on any atom is 0.169 e. The number of nitrogens with zero attached hydrogens (tertiary/aromatic N) is 4. The first kappa shape index (κ1) is 19.9. The summed E-state index contributed by atoms with van der Waals surface area (Å²) >= 11 is 0. The Kier molecular flexibility index (Phi) is 7.46. The van der Waals surface area contributed by atoms with E-state index in [1.54, 1.807) is 4.68 Å². The van der Waals surface area contributed by atoms with E-state index in [1.165, 1.54) is 16.7 Å². The minimum atomic E-state index is 0.258. The van der Waals surface area contributed by atoms with Crippen LogP contribution >= 0.6 is 0 Å². The van der Waals surface area contributed by atoms with Gasteiger partial charge in [-0.3, -0.25) is 0 Å². The van der Waals surface area contributed by atoms with E-state index in [-0.39, 0.29) is 6.61 Å². The topological polar surface area (TPSA) is 75.9 Å². The van der Waals surface area contributed by atoms with Gasteiger partial charge in [0.1, 0.15) is 0 Å². The molecule has 0 atom stereocenters. The Balaban J connectivity index is 1.66. The molecule has 146 valence electrons. The van der Waals surface area contributed by atoms with Crippen LogP contribution in [0.5, 0.6) is 0 Å². The Morgan fingerprint density at radius 2 is 1.89 bits per heavy atom. The van der Waals surface area contributed by atoms with Crippen LogP contribution in [0.4, 0.5) is 0 Å². The van der Waals surface area contributed by atoms with Gasteiger partial charge in [0.05, 0.1) is 6.54 Å². The van der Waals surface area contributed by atoms with Crippen LogP contribution in [0.3, 0.4) is 0 Å². The fraction of sp³-hybridized carbons (Fsp3) is 0.318. The molecule has 0 unspecified atom stereocenters. The molecule has 6 nitrogen and oxygen atoms in total. The standard InChI is InChI=1S/C22H27N5O/c1-18-19(11-8-12-21(18)20-9-4-2-5-10-20)13-15-27-22(24-25-26-27)17-23-14-6-3-7-16-28/h2,4-5,8-13,15,23,28H,3,6-7,14,16-17H2,1H3/b15-13+. The van der Waals surface area contributed by atoms with Crippen molar-refractivity contribution in [2.45, 2.75) is 32.7 Å². The van der Waals surface area contributed by atoms with Gasteiger partial charge < -0.3 is 10.4 Å². The Morgan fingerprint density at radius 3 is 2.71 bits per heavy atom. The summed E-state index contributed by atoms with van der Waals surface area (Å²) in [7, 11) is 0. The molecule has 6 heteroatoms. The molecule has 0 aliphatic heterocycles. The number of aromatic nitrogens is 4. The van der Waals surface area contributed by atoms with Crippen LogP contribution in [0, 0.1) is 6.92 Å². The van der Waals surface area contributed by atoms with Crippen LogP contribution in [-0.2, 0) is 6.54 Å². The molecule has 0 bridgehead atoms. The highest BCUT2D eigenvalue weighted by Gasteiger charge is 2.06. The fourth-order valence-electron chi connectivity index (χ4n) is 3.10. The Labute approximate surface area is 165 Å². The Bertz CT molecular complexity index is 889. The Morgan fingerprint density at radius 1 is 1.04 bits per heavy atom. The molecule has 1 aromatic heterocycles. The molecule has 0 aliphatic carbocycles. The molecule has 2 N–H and O–H groups in total. The molecule has 0 fully saturated rings. The summed E-state index contributed by atoms with van der Waals surface area (Å²) in [5.41, 5.74) is 4.80. The van der Waals surface area contributed by atoms with Crippen LogP contribution in [0.15, 0.2) is 48.5 Å². The number of benzene rings is 2. The zero-order valence-electron chi connectivity index (χ0n) is 16.3. The van der Waals surface area contributed by atoms with Crippen molar-refractivity contribution in [2.75, 3.05) is 13.2 Å². The molecule has 0 saturated heterocycles. The van der Waals surface area contributed by atoms with Crippen molar-refractivity contribution in [1.82, 2.24) is 25.5 Å². The van der Waals surface area contributed by atoms with Crippen LogP contribution < -0.4 is 5.32 Å². The first-order chi connectivity index (χ1) is 13.8. The van der Waals surface area contributed by atoms with Crippen molar-refractivity contribution in [1.29, 1.82) is 0 Å². The first-order valence-corrected chi connectivity index (χ1v) is 9.71. The minimum absolute atomic E-state index is 0.258. The second-order valence-corrected chi connectivity index (χ2v) is 6.70. The SMILES string of the molecule is Cc1c(/C=C/n2nnnc2CNCCCCCO)cccc1-c1ccccc1. The van der Waals surface area contributed by atoms with Crippen LogP contribution in [0.2, 0.25) is 0 Å². The van der Waals surface area contributed by atoms with Crippen molar-refractivity contribution in [2.24, 2.45) is 0 Å². The van der Waals surface area contributed by atoms with Crippen LogP contribution in [-0.4, -0.2) is 38.5 Å². The fourth-order valence-corrected chi connectivity index (χ4v) is 3.10. The average molecular weight is 377 g/mol. The van der Waals surface area contributed by atoms with Gasteiger partial charge in [0, 0.05) is 12.8 Å². The monoisotopic (exact) mass is 377 g/mol. The van der Waals surface area contributed by atoms with Gasteiger partial charge in [0.15, 0.2) is 5.82 Å². The largest absolute Gasteiger partial charge is 0.396 e. The number of nitrogens with one attached hydrogen (secondary N) is 1. The number of aliphatic hydroxyl groups is 1. The molecule has 0 spiro atoms. The predicted molar refractivity (Wildman–Crippen MR) is 112 cm³/mol. The molecule has 0 saturated carbocycles. The normalized spacial score (nSPS) is 11.4. The summed E-state index contributed by atoms with van der Waals surface area (Å²) in [6, 6.07) is 16.7. The number of rotatable bonds is 10. The van der Waals surface area contributed by atoms with Crippen molar-refractivity contribution >= 4 is 12.3 Å². The van der Waals surface area contributed by atoms with E-state index < -0.39 is 0 Å². The maximum absolute atomic E-state index is 8.81.